The van der Waals surface area contributed by atoms with E-state index in [2.05, 4.69) is 4.98 Å². The molecule has 132 valence electrons. The van der Waals surface area contributed by atoms with Gasteiger partial charge in [0, 0.05) is 24.2 Å². The zero-order valence-corrected chi connectivity index (χ0v) is 14.2. The molecule has 2 aliphatic rings. The molecule has 1 saturated heterocycles. The van der Waals surface area contributed by atoms with Crippen molar-refractivity contribution >= 4 is 11.8 Å². The molecule has 24 heavy (non-hydrogen) atoms. The van der Waals surface area contributed by atoms with Crippen molar-refractivity contribution in [3.8, 4) is 0 Å². The zero-order valence-electron chi connectivity index (χ0n) is 14.2. The third-order valence-corrected chi connectivity index (χ3v) is 5.51. The van der Waals surface area contributed by atoms with E-state index in [9.17, 15) is 20.1 Å². The van der Waals surface area contributed by atoms with E-state index in [4.69, 9.17) is 0 Å². The summed E-state index contributed by atoms with van der Waals surface area (Å²) in [5, 5.41) is 29.9. The number of aliphatic hydroxyl groups excluding tert-OH is 2. The highest BCUT2D eigenvalue weighted by Crippen LogP contribution is 2.38. The van der Waals surface area contributed by atoms with Gasteiger partial charge < -0.3 is 20.2 Å². The molecule has 0 radical (unpaired) electrons. The minimum Gasteiger partial charge on any atom is -0.478 e. The van der Waals surface area contributed by atoms with E-state index in [1.165, 1.54) is 0 Å². The second kappa shape index (κ2) is 6.69. The molecule has 3 rings (SSSR count). The van der Waals surface area contributed by atoms with E-state index in [1.54, 1.807) is 6.07 Å². The van der Waals surface area contributed by atoms with Crippen LogP contribution >= 0.6 is 0 Å². The van der Waals surface area contributed by atoms with Gasteiger partial charge in [0.1, 0.15) is 11.4 Å². The third-order valence-electron chi connectivity index (χ3n) is 5.51. The molecule has 0 bridgehead atoms. The number of fused-ring (bicyclic) bond motifs is 1. The highest BCUT2D eigenvalue weighted by atomic mass is 16.4. The smallest absolute Gasteiger partial charge is 0.339 e. The first-order chi connectivity index (χ1) is 11.5. The Hall–Kier alpha value is -1.66. The number of anilines is 1. The maximum Gasteiger partial charge on any atom is 0.339 e. The van der Waals surface area contributed by atoms with Gasteiger partial charge in [0.15, 0.2) is 0 Å². The molecule has 1 fully saturated rings. The van der Waals surface area contributed by atoms with Crippen LogP contribution in [-0.2, 0) is 12.8 Å². The van der Waals surface area contributed by atoms with Crippen LogP contribution in [0, 0.1) is 5.41 Å². The summed E-state index contributed by atoms with van der Waals surface area (Å²) in [6.45, 7) is 2.91. The molecule has 2 heterocycles. The van der Waals surface area contributed by atoms with Crippen molar-refractivity contribution in [2.24, 2.45) is 5.41 Å². The van der Waals surface area contributed by atoms with Crippen molar-refractivity contribution in [1.82, 2.24) is 4.98 Å². The number of hydrogen-bond acceptors (Lipinski definition) is 5. The molecule has 0 aromatic carbocycles. The average molecular weight is 334 g/mol. The zero-order chi connectivity index (χ0) is 17.3. The standard InChI is InChI=1S/C18H26N2O4/c1-2-7-18(11-21)10-20(8-6-15(18)22)16-13(17(23)24)9-12-4-3-5-14(12)19-16/h9,15,21-22H,2-8,10-11H2,1H3,(H,23,24)/t15-,18-/m0/s1. The van der Waals surface area contributed by atoms with Crippen LogP contribution in [-0.4, -0.2) is 52.1 Å². The van der Waals surface area contributed by atoms with Gasteiger partial charge in [-0.2, -0.15) is 0 Å². The maximum absolute atomic E-state index is 11.7. The summed E-state index contributed by atoms with van der Waals surface area (Å²) >= 11 is 0. The van der Waals surface area contributed by atoms with Gasteiger partial charge >= 0.3 is 5.97 Å². The minimum absolute atomic E-state index is 0.105. The fraction of sp³-hybridized carbons (Fsp3) is 0.667. The first kappa shape index (κ1) is 17.2. The van der Waals surface area contributed by atoms with Crippen molar-refractivity contribution in [2.75, 3.05) is 24.6 Å². The quantitative estimate of drug-likeness (QED) is 0.757. The molecule has 0 amide bonds. The number of carboxylic acids is 1. The Labute approximate surface area is 142 Å². The summed E-state index contributed by atoms with van der Waals surface area (Å²) in [7, 11) is 0. The molecule has 2 atom stereocenters. The Morgan fingerprint density at radius 1 is 1.46 bits per heavy atom. The Bertz CT molecular complexity index is 634. The van der Waals surface area contributed by atoms with Gasteiger partial charge in [-0.25, -0.2) is 9.78 Å². The number of hydrogen-bond donors (Lipinski definition) is 3. The lowest BCUT2D eigenvalue weighted by Crippen LogP contribution is -2.54. The van der Waals surface area contributed by atoms with E-state index in [1.807, 2.05) is 11.8 Å². The molecule has 0 saturated carbocycles. The van der Waals surface area contributed by atoms with Crippen LogP contribution in [0.4, 0.5) is 5.82 Å². The topological polar surface area (TPSA) is 93.9 Å². The van der Waals surface area contributed by atoms with Gasteiger partial charge in [0.25, 0.3) is 0 Å². The van der Waals surface area contributed by atoms with Gasteiger partial charge in [0.2, 0.25) is 0 Å². The highest BCUT2D eigenvalue weighted by Gasteiger charge is 2.42. The average Bonchev–Trinajstić information content (AvgIpc) is 3.03. The molecule has 1 aromatic heterocycles. The largest absolute Gasteiger partial charge is 0.478 e. The lowest BCUT2D eigenvalue weighted by Gasteiger charge is -2.46. The Morgan fingerprint density at radius 2 is 2.25 bits per heavy atom. The molecular weight excluding hydrogens is 308 g/mol. The second-order valence-corrected chi connectivity index (χ2v) is 7.12. The van der Waals surface area contributed by atoms with Crippen LogP contribution in [0.2, 0.25) is 0 Å². The number of carboxylic acid groups (broad SMARTS) is 1. The fourth-order valence-corrected chi connectivity index (χ4v) is 4.17. The SMILES string of the molecule is CCC[C@@]1(CO)CN(c2nc3c(cc2C(=O)O)CCC3)CC[C@@H]1O. The summed E-state index contributed by atoms with van der Waals surface area (Å²) in [6.07, 6.45) is 4.29. The summed E-state index contributed by atoms with van der Waals surface area (Å²) in [4.78, 5) is 18.3. The molecule has 6 heteroatoms. The highest BCUT2D eigenvalue weighted by molar-refractivity contribution is 5.93. The number of piperidine rings is 1. The molecule has 3 N–H and O–H groups in total. The van der Waals surface area contributed by atoms with E-state index in [0.29, 0.717) is 31.7 Å². The van der Waals surface area contributed by atoms with E-state index in [0.717, 1.165) is 36.9 Å². The van der Waals surface area contributed by atoms with Gasteiger partial charge in [-0.15, -0.1) is 0 Å². The van der Waals surface area contributed by atoms with E-state index >= 15 is 0 Å². The number of aliphatic hydroxyl groups is 2. The van der Waals surface area contributed by atoms with Crippen molar-refractivity contribution in [1.29, 1.82) is 0 Å². The fourth-order valence-electron chi connectivity index (χ4n) is 4.17. The molecule has 6 nitrogen and oxygen atoms in total. The molecule has 1 aromatic rings. The predicted octanol–water partition coefficient (Wildman–Crippen LogP) is 1.62. The van der Waals surface area contributed by atoms with Crippen molar-refractivity contribution in [3.05, 3.63) is 22.9 Å². The monoisotopic (exact) mass is 334 g/mol. The molecular formula is C18H26N2O4. The number of nitrogens with zero attached hydrogens (tertiary/aromatic N) is 2. The summed E-state index contributed by atoms with van der Waals surface area (Å²) in [5.74, 6) is -0.479. The van der Waals surface area contributed by atoms with Crippen LogP contribution in [0.5, 0.6) is 0 Å². The number of aromatic nitrogens is 1. The Morgan fingerprint density at radius 3 is 2.92 bits per heavy atom. The first-order valence-corrected chi connectivity index (χ1v) is 8.80. The lowest BCUT2D eigenvalue weighted by molar-refractivity contribution is -0.0353. The molecule has 1 aliphatic carbocycles. The first-order valence-electron chi connectivity index (χ1n) is 8.80. The van der Waals surface area contributed by atoms with Gasteiger partial charge in [0.05, 0.1) is 12.7 Å². The van der Waals surface area contributed by atoms with Crippen LogP contribution in [0.3, 0.4) is 0 Å². The number of aryl methyl sites for hydroxylation is 2. The normalized spacial score (nSPS) is 26.5. The van der Waals surface area contributed by atoms with Crippen molar-refractivity contribution in [3.63, 3.8) is 0 Å². The Kier molecular flexibility index (Phi) is 4.78. The van der Waals surface area contributed by atoms with E-state index in [-0.39, 0.29) is 12.2 Å². The lowest BCUT2D eigenvalue weighted by atomic mass is 9.74. The maximum atomic E-state index is 11.7. The second-order valence-electron chi connectivity index (χ2n) is 7.12. The molecule has 0 spiro atoms. The van der Waals surface area contributed by atoms with Gasteiger partial charge in [-0.3, -0.25) is 0 Å². The number of aromatic carboxylic acids is 1. The Balaban J connectivity index is 1.98. The van der Waals surface area contributed by atoms with Crippen LogP contribution in [0.15, 0.2) is 6.07 Å². The van der Waals surface area contributed by atoms with Crippen LogP contribution in [0.25, 0.3) is 0 Å². The van der Waals surface area contributed by atoms with Crippen molar-refractivity contribution in [2.45, 2.75) is 51.6 Å². The molecule has 0 unspecified atom stereocenters. The number of pyridine rings is 1. The van der Waals surface area contributed by atoms with E-state index < -0.39 is 17.5 Å². The van der Waals surface area contributed by atoms with Crippen LogP contribution < -0.4 is 4.90 Å². The predicted molar refractivity (Wildman–Crippen MR) is 90.5 cm³/mol. The minimum atomic E-state index is -0.969. The van der Waals surface area contributed by atoms with Gasteiger partial charge in [-0.1, -0.05) is 13.3 Å². The number of rotatable bonds is 5. The molecule has 1 aliphatic heterocycles. The summed E-state index contributed by atoms with van der Waals surface area (Å²) < 4.78 is 0. The third kappa shape index (κ3) is 2.89. The summed E-state index contributed by atoms with van der Waals surface area (Å²) in [5.41, 5.74) is 1.65. The summed E-state index contributed by atoms with van der Waals surface area (Å²) in [6, 6.07) is 1.76. The number of carbonyl (C=O) groups is 1. The van der Waals surface area contributed by atoms with Crippen LogP contribution in [0.1, 0.15) is 54.2 Å². The van der Waals surface area contributed by atoms with Gasteiger partial charge in [-0.05, 0) is 43.7 Å². The van der Waals surface area contributed by atoms with Crippen molar-refractivity contribution < 1.29 is 20.1 Å².